The minimum atomic E-state index is -3.36. The molecule has 0 fully saturated rings. The van der Waals surface area contributed by atoms with Crippen LogP contribution in [0.15, 0.2) is 42.5 Å². The van der Waals surface area contributed by atoms with E-state index in [1.807, 2.05) is 0 Å². The van der Waals surface area contributed by atoms with Crippen LogP contribution in [0, 0.1) is 5.82 Å². The van der Waals surface area contributed by atoms with Crippen molar-refractivity contribution in [3.8, 4) is 0 Å². The number of nitrogens with one attached hydrogen (secondary N) is 1. The first kappa shape index (κ1) is 17.2. The first-order valence-corrected chi connectivity index (χ1v) is 8.71. The Kier molecular flexibility index (Phi) is 4.91. The highest BCUT2D eigenvalue weighted by molar-refractivity contribution is 7.92. The number of nitrogens with zero attached hydrogens (tertiary/aromatic N) is 1. The lowest BCUT2D eigenvalue weighted by atomic mass is 10.2. The molecule has 0 spiro atoms. The van der Waals surface area contributed by atoms with Crippen LogP contribution >= 0.6 is 11.6 Å². The molecule has 1 amide bonds. The molecule has 122 valence electrons. The van der Waals surface area contributed by atoms with Crippen molar-refractivity contribution in [3.05, 3.63) is 58.9 Å². The Balaban J connectivity index is 2.15. The molecule has 2 aromatic carbocycles. The fourth-order valence-electron chi connectivity index (χ4n) is 1.79. The number of hydrogen-bond acceptors (Lipinski definition) is 3. The van der Waals surface area contributed by atoms with Gasteiger partial charge in [-0.2, -0.15) is 0 Å². The average molecular weight is 357 g/mol. The lowest BCUT2D eigenvalue weighted by Gasteiger charge is -2.16. The number of amides is 1. The third-order valence-electron chi connectivity index (χ3n) is 3.17. The molecule has 2 aromatic rings. The van der Waals surface area contributed by atoms with E-state index in [2.05, 4.69) is 5.32 Å². The van der Waals surface area contributed by atoms with Gasteiger partial charge in [-0.25, -0.2) is 12.8 Å². The third-order valence-corrected chi connectivity index (χ3v) is 4.66. The minimum absolute atomic E-state index is 0.0899. The normalized spacial score (nSPS) is 11.1. The van der Waals surface area contributed by atoms with Gasteiger partial charge in [-0.05, 0) is 42.5 Å². The monoisotopic (exact) mass is 356 g/mol. The van der Waals surface area contributed by atoms with Crippen LogP contribution in [-0.2, 0) is 10.0 Å². The highest BCUT2D eigenvalue weighted by atomic mass is 35.5. The SMILES string of the molecule is CN(c1ccc(C(=O)Nc2ccc(F)c(Cl)c2)cc1)S(C)(=O)=O. The Morgan fingerprint density at radius 2 is 1.78 bits per heavy atom. The first-order chi connectivity index (χ1) is 10.7. The molecular formula is C15H14ClFN2O3S. The Hall–Kier alpha value is -2.12. The van der Waals surface area contributed by atoms with Crippen LogP contribution in [-0.4, -0.2) is 27.6 Å². The van der Waals surface area contributed by atoms with Gasteiger partial charge < -0.3 is 5.32 Å². The summed E-state index contributed by atoms with van der Waals surface area (Å²) in [6.07, 6.45) is 1.09. The van der Waals surface area contributed by atoms with E-state index in [1.165, 1.54) is 43.4 Å². The number of carbonyl (C=O) groups excluding carboxylic acids is 1. The van der Waals surface area contributed by atoms with Gasteiger partial charge in [0.1, 0.15) is 5.82 Å². The van der Waals surface area contributed by atoms with Crippen molar-refractivity contribution in [2.24, 2.45) is 0 Å². The van der Waals surface area contributed by atoms with E-state index in [9.17, 15) is 17.6 Å². The zero-order valence-corrected chi connectivity index (χ0v) is 14.0. The third kappa shape index (κ3) is 4.20. The second-order valence-corrected chi connectivity index (χ2v) is 7.28. The number of rotatable bonds is 4. The van der Waals surface area contributed by atoms with Crippen molar-refractivity contribution in [1.82, 2.24) is 0 Å². The minimum Gasteiger partial charge on any atom is -0.322 e. The zero-order chi connectivity index (χ0) is 17.2. The van der Waals surface area contributed by atoms with Crippen molar-refractivity contribution in [1.29, 1.82) is 0 Å². The second kappa shape index (κ2) is 6.55. The molecule has 8 heteroatoms. The number of sulfonamides is 1. The maximum atomic E-state index is 13.1. The van der Waals surface area contributed by atoms with Crippen LogP contribution in [0.25, 0.3) is 0 Å². The second-order valence-electron chi connectivity index (χ2n) is 4.86. The highest BCUT2D eigenvalue weighted by Gasteiger charge is 2.13. The largest absolute Gasteiger partial charge is 0.322 e. The van der Waals surface area contributed by atoms with E-state index in [1.54, 1.807) is 0 Å². The lowest BCUT2D eigenvalue weighted by Crippen LogP contribution is -2.24. The molecule has 0 saturated heterocycles. The molecular weight excluding hydrogens is 343 g/mol. The quantitative estimate of drug-likeness (QED) is 0.915. The molecule has 2 rings (SSSR count). The molecule has 5 nitrogen and oxygen atoms in total. The standard InChI is InChI=1S/C15H14ClFN2O3S/c1-19(23(2,21)22)12-6-3-10(4-7-12)15(20)18-11-5-8-14(17)13(16)9-11/h3-9H,1-2H3,(H,18,20). The summed E-state index contributed by atoms with van der Waals surface area (Å²) in [5.41, 5.74) is 1.13. The van der Waals surface area contributed by atoms with Crippen LogP contribution in [0.3, 0.4) is 0 Å². The van der Waals surface area contributed by atoms with Gasteiger partial charge in [-0.1, -0.05) is 11.6 Å². The Bertz CT molecular complexity index is 838. The Morgan fingerprint density at radius 1 is 1.17 bits per heavy atom. The summed E-state index contributed by atoms with van der Waals surface area (Å²) >= 11 is 5.65. The maximum absolute atomic E-state index is 13.1. The van der Waals surface area contributed by atoms with Crippen molar-refractivity contribution >= 4 is 38.9 Å². The number of halogens is 2. The van der Waals surface area contributed by atoms with E-state index in [4.69, 9.17) is 11.6 Å². The lowest BCUT2D eigenvalue weighted by molar-refractivity contribution is 0.102. The van der Waals surface area contributed by atoms with Gasteiger partial charge in [0.15, 0.2) is 0 Å². The smallest absolute Gasteiger partial charge is 0.255 e. The van der Waals surface area contributed by atoms with Gasteiger partial charge in [-0.15, -0.1) is 0 Å². The van der Waals surface area contributed by atoms with Crippen LogP contribution in [0.2, 0.25) is 5.02 Å². The van der Waals surface area contributed by atoms with E-state index < -0.39 is 21.7 Å². The highest BCUT2D eigenvalue weighted by Crippen LogP contribution is 2.21. The van der Waals surface area contributed by atoms with Gasteiger partial charge in [0.25, 0.3) is 5.91 Å². The summed E-state index contributed by atoms with van der Waals surface area (Å²) in [5.74, 6) is -0.987. The number of hydrogen-bond donors (Lipinski definition) is 1. The average Bonchev–Trinajstić information content (AvgIpc) is 2.49. The molecule has 0 unspecified atom stereocenters. The van der Waals surface area contributed by atoms with Gasteiger partial charge in [-0.3, -0.25) is 9.10 Å². The molecule has 0 aromatic heterocycles. The topological polar surface area (TPSA) is 66.5 Å². The molecule has 0 radical (unpaired) electrons. The van der Waals surface area contributed by atoms with Crippen LogP contribution in [0.1, 0.15) is 10.4 Å². The summed E-state index contributed by atoms with van der Waals surface area (Å²) in [6, 6.07) is 9.89. The molecule has 1 N–H and O–H groups in total. The summed E-state index contributed by atoms with van der Waals surface area (Å²) in [7, 11) is -1.94. The van der Waals surface area contributed by atoms with Crippen molar-refractivity contribution in [2.45, 2.75) is 0 Å². The van der Waals surface area contributed by atoms with Crippen LogP contribution in [0.5, 0.6) is 0 Å². The Morgan fingerprint density at radius 3 is 2.30 bits per heavy atom. The summed E-state index contributed by atoms with van der Waals surface area (Å²) < 4.78 is 37.1. The van der Waals surface area contributed by atoms with Crippen molar-refractivity contribution in [3.63, 3.8) is 0 Å². The van der Waals surface area contributed by atoms with Crippen LogP contribution in [0.4, 0.5) is 15.8 Å². The van der Waals surface area contributed by atoms with E-state index in [-0.39, 0.29) is 5.02 Å². The molecule has 0 bridgehead atoms. The zero-order valence-electron chi connectivity index (χ0n) is 12.4. The van der Waals surface area contributed by atoms with Gasteiger partial charge >= 0.3 is 0 Å². The molecule has 0 heterocycles. The van der Waals surface area contributed by atoms with Crippen molar-refractivity contribution < 1.29 is 17.6 Å². The molecule has 0 aliphatic heterocycles. The molecule has 0 saturated carbocycles. The first-order valence-electron chi connectivity index (χ1n) is 6.49. The summed E-state index contributed by atoms with van der Waals surface area (Å²) in [4.78, 5) is 12.1. The van der Waals surface area contributed by atoms with E-state index in [0.717, 1.165) is 16.6 Å². The Labute approximate surface area is 138 Å². The van der Waals surface area contributed by atoms with Crippen molar-refractivity contribution in [2.75, 3.05) is 22.9 Å². The summed E-state index contributed by atoms with van der Waals surface area (Å²) in [6.45, 7) is 0. The molecule has 0 aliphatic rings. The van der Waals surface area contributed by atoms with Crippen LogP contribution < -0.4 is 9.62 Å². The van der Waals surface area contributed by atoms with Gasteiger partial charge in [0.05, 0.1) is 17.0 Å². The maximum Gasteiger partial charge on any atom is 0.255 e. The number of anilines is 2. The molecule has 0 aliphatic carbocycles. The van der Waals surface area contributed by atoms with Gasteiger partial charge in [0, 0.05) is 18.3 Å². The van der Waals surface area contributed by atoms with E-state index >= 15 is 0 Å². The predicted octanol–water partition coefficient (Wildman–Crippen LogP) is 3.13. The van der Waals surface area contributed by atoms with E-state index in [0.29, 0.717) is 16.9 Å². The fourth-order valence-corrected chi connectivity index (χ4v) is 2.48. The van der Waals surface area contributed by atoms with Gasteiger partial charge in [0.2, 0.25) is 10.0 Å². The number of carbonyl (C=O) groups is 1. The molecule has 0 atom stereocenters. The fraction of sp³-hybridized carbons (Fsp3) is 0.133. The number of benzene rings is 2. The molecule has 23 heavy (non-hydrogen) atoms. The summed E-state index contributed by atoms with van der Waals surface area (Å²) in [5, 5.41) is 2.49. The predicted molar refractivity (Wildman–Crippen MR) is 89.1 cm³/mol.